The van der Waals surface area contributed by atoms with E-state index in [1.54, 1.807) is 18.2 Å². The molecule has 190 valence electrons. The summed E-state index contributed by atoms with van der Waals surface area (Å²) in [4.78, 5) is 40.5. The molecule has 0 spiro atoms. The third kappa shape index (κ3) is 6.17. The van der Waals surface area contributed by atoms with E-state index in [-0.39, 0.29) is 24.8 Å². The first-order valence-corrected chi connectivity index (χ1v) is 12.7. The monoisotopic (exact) mass is 497 g/mol. The van der Waals surface area contributed by atoms with E-state index in [1.165, 1.54) is 4.90 Å². The highest BCUT2D eigenvalue weighted by molar-refractivity contribution is 5.92. The van der Waals surface area contributed by atoms with Crippen molar-refractivity contribution in [1.29, 1.82) is 0 Å². The van der Waals surface area contributed by atoms with Gasteiger partial charge in [0.25, 0.3) is 0 Å². The molecule has 1 saturated heterocycles. The van der Waals surface area contributed by atoms with Gasteiger partial charge in [-0.1, -0.05) is 72.3 Å². The number of anilines is 1. The quantitative estimate of drug-likeness (QED) is 0.446. The van der Waals surface area contributed by atoms with E-state index in [1.807, 2.05) is 67.6 Å². The Morgan fingerprint density at radius 2 is 1.70 bits per heavy atom. The van der Waals surface area contributed by atoms with Crippen molar-refractivity contribution in [2.45, 2.75) is 44.9 Å². The van der Waals surface area contributed by atoms with Crippen LogP contribution in [0.2, 0.25) is 0 Å². The number of rotatable bonds is 9. The number of amides is 3. The lowest BCUT2D eigenvalue weighted by molar-refractivity contribution is -0.126. The second kappa shape index (κ2) is 10.9. The van der Waals surface area contributed by atoms with Crippen molar-refractivity contribution in [2.24, 2.45) is 5.92 Å². The number of aryl methyl sites for hydroxylation is 1. The average Bonchev–Trinajstić information content (AvgIpc) is 3.67. The zero-order valence-corrected chi connectivity index (χ0v) is 20.9. The highest BCUT2D eigenvalue weighted by Crippen LogP contribution is 2.35. The summed E-state index contributed by atoms with van der Waals surface area (Å²) in [7, 11) is 0. The maximum atomic E-state index is 13.4. The van der Waals surface area contributed by atoms with Crippen LogP contribution in [0.25, 0.3) is 0 Å². The first-order valence-electron chi connectivity index (χ1n) is 12.7. The first-order chi connectivity index (χ1) is 18.0. The summed E-state index contributed by atoms with van der Waals surface area (Å²) >= 11 is 0. The number of hydrogen-bond donors (Lipinski definition) is 2. The maximum absolute atomic E-state index is 13.4. The van der Waals surface area contributed by atoms with Gasteiger partial charge < -0.3 is 15.4 Å². The van der Waals surface area contributed by atoms with Gasteiger partial charge in [0.2, 0.25) is 11.8 Å². The van der Waals surface area contributed by atoms with Gasteiger partial charge in [-0.2, -0.15) is 0 Å². The Morgan fingerprint density at radius 1 is 0.946 bits per heavy atom. The lowest BCUT2D eigenvalue weighted by atomic mass is 10.00. The molecule has 5 rings (SSSR count). The van der Waals surface area contributed by atoms with Gasteiger partial charge >= 0.3 is 6.09 Å². The van der Waals surface area contributed by atoms with Gasteiger partial charge in [-0.15, -0.1) is 0 Å². The van der Waals surface area contributed by atoms with Crippen LogP contribution in [-0.2, 0) is 27.3 Å². The summed E-state index contributed by atoms with van der Waals surface area (Å²) in [6.07, 6.45) is 1.15. The lowest BCUT2D eigenvalue weighted by Gasteiger charge is -2.24. The van der Waals surface area contributed by atoms with E-state index >= 15 is 0 Å². The molecule has 3 aromatic carbocycles. The molecule has 37 heavy (non-hydrogen) atoms. The maximum Gasteiger partial charge on any atom is 0.411 e. The van der Waals surface area contributed by atoms with E-state index in [0.29, 0.717) is 23.7 Å². The van der Waals surface area contributed by atoms with E-state index in [4.69, 9.17) is 4.74 Å². The first kappa shape index (κ1) is 24.6. The SMILES string of the molecule is Cc1ccc(CN2C(=O)O[C@@H](c3cccc(NC(=O)Cc4ccccc4)c3)[C@@H]2C(=O)NCC2CC2)cc1. The smallest absolute Gasteiger partial charge is 0.411 e. The second-order valence-corrected chi connectivity index (χ2v) is 9.89. The van der Waals surface area contributed by atoms with Crippen LogP contribution in [0.4, 0.5) is 10.5 Å². The number of cyclic esters (lactones) is 1. The summed E-state index contributed by atoms with van der Waals surface area (Å²) in [5.74, 6) is 0.133. The van der Waals surface area contributed by atoms with Crippen molar-refractivity contribution in [2.75, 3.05) is 11.9 Å². The molecule has 2 aliphatic rings. The lowest BCUT2D eigenvalue weighted by Crippen LogP contribution is -2.46. The highest BCUT2D eigenvalue weighted by Gasteiger charge is 2.47. The Bertz CT molecular complexity index is 1270. The Morgan fingerprint density at radius 3 is 2.43 bits per heavy atom. The fourth-order valence-corrected chi connectivity index (χ4v) is 4.55. The number of benzene rings is 3. The summed E-state index contributed by atoms with van der Waals surface area (Å²) in [5, 5.41) is 5.94. The molecule has 7 heteroatoms. The highest BCUT2D eigenvalue weighted by atomic mass is 16.6. The van der Waals surface area contributed by atoms with Gasteiger partial charge in [0.1, 0.15) is 0 Å². The van der Waals surface area contributed by atoms with Gasteiger partial charge in [-0.3, -0.25) is 14.5 Å². The molecule has 2 fully saturated rings. The summed E-state index contributed by atoms with van der Waals surface area (Å²) in [6.45, 7) is 2.87. The third-order valence-electron chi connectivity index (χ3n) is 6.80. The van der Waals surface area contributed by atoms with Crippen molar-refractivity contribution >= 4 is 23.6 Å². The molecule has 3 amide bonds. The molecule has 2 atom stereocenters. The van der Waals surface area contributed by atoms with Crippen LogP contribution in [0.15, 0.2) is 78.9 Å². The van der Waals surface area contributed by atoms with E-state index in [0.717, 1.165) is 29.5 Å². The number of nitrogens with zero attached hydrogens (tertiary/aromatic N) is 1. The molecule has 1 aliphatic heterocycles. The van der Waals surface area contributed by atoms with Crippen LogP contribution < -0.4 is 10.6 Å². The largest absolute Gasteiger partial charge is 0.438 e. The van der Waals surface area contributed by atoms with Crippen molar-refractivity contribution in [1.82, 2.24) is 10.2 Å². The molecule has 1 heterocycles. The van der Waals surface area contributed by atoms with E-state index in [2.05, 4.69) is 10.6 Å². The minimum atomic E-state index is -0.817. The molecule has 0 bridgehead atoms. The Hall–Kier alpha value is -4.13. The zero-order chi connectivity index (χ0) is 25.8. The molecule has 2 N–H and O–H groups in total. The minimum absolute atomic E-state index is 0.147. The molecule has 1 saturated carbocycles. The van der Waals surface area contributed by atoms with E-state index < -0.39 is 18.2 Å². The standard InChI is InChI=1S/C30H31N3O4/c1-20-10-12-23(13-11-20)19-33-27(29(35)31-18-22-14-15-22)28(37-30(33)36)24-8-5-9-25(17-24)32-26(34)16-21-6-3-2-4-7-21/h2-13,17,22,27-28H,14-16,18-19H2,1H3,(H,31,35)(H,32,34)/t27-,28+/m1/s1. The van der Waals surface area contributed by atoms with Crippen molar-refractivity contribution in [3.05, 3.63) is 101 Å². The van der Waals surface area contributed by atoms with Crippen LogP contribution >= 0.6 is 0 Å². The second-order valence-electron chi connectivity index (χ2n) is 9.89. The Kier molecular flexibility index (Phi) is 7.21. The molecular formula is C30H31N3O4. The summed E-state index contributed by atoms with van der Waals surface area (Å²) in [5.41, 5.74) is 4.20. The molecule has 3 aromatic rings. The molecule has 0 unspecified atom stereocenters. The average molecular weight is 498 g/mol. The van der Waals surface area contributed by atoms with Gasteiger partial charge in [0.05, 0.1) is 13.0 Å². The molecule has 1 aliphatic carbocycles. The minimum Gasteiger partial charge on any atom is -0.438 e. The third-order valence-corrected chi connectivity index (χ3v) is 6.80. The van der Waals surface area contributed by atoms with E-state index in [9.17, 15) is 14.4 Å². The zero-order valence-electron chi connectivity index (χ0n) is 20.9. The van der Waals surface area contributed by atoms with Gasteiger partial charge in [-0.25, -0.2) is 4.79 Å². The fraction of sp³-hybridized carbons (Fsp3) is 0.300. The predicted octanol–water partition coefficient (Wildman–Crippen LogP) is 4.76. The van der Waals surface area contributed by atoms with Crippen molar-refractivity contribution in [3.8, 4) is 0 Å². The van der Waals surface area contributed by atoms with Crippen LogP contribution in [0.5, 0.6) is 0 Å². The fourth-order valence-electron chi connectivity index (χ4n) is 4.55. The van der Waals surface area contributed by atoms with Gasteiger partial charge in [0.15, 0.2) is 12.1 Å². The number of hydrogen-bond acceptors (Lipinski definition) is 4. The van der Waals surface area contributed by atoms with Gasteiger partial charge in [-0.05, 0) is 54.5 Å². The number of ether oxygens (including phenoxy) is 1. The Balaban J connectivity index is 1.35. The van der Waals surface area contributed by atoms with Crippen molar-refractivity contribution < 1.29 is 19.1 Å². The van der Waals surface area contributed by atoms with Crippen LogP contribution in [0, 0.1) is 12.8 Å². The number of nitrogens with one attached hydrogen (secondary N) is 2. The van der Waals surface area contributed by atoms with Crippen LogP contribution in [0.3, 0.4) is 0 Å². The molecule has 0 aromatic heterocycles. The topological polar surface area (TPSA) is 87.7 Å². The Labute approximate surface area is 216 Å². The van der Waals surface area contributed by atoms with Crippen LogP contribution in [-0.4, -0.2) is 35.4 Å². The van der Waals surface area contributed by atoms with Crippen molar-refractivity contribution in [3.63, 3.8) is 0 Å². The molecular weight excluding hydrogens is 466 g/mol. The normalized spacial score (nSPS) is 18.8. The van der Waals surface area contributed by atoms with Crippen LogP contribution in [0.1, 0.15) is 41.2 Å². The van der Waals surface area contributed by atoms with Gasteiger partial charge in [0, 0.05) is 12.2 Å². The summed E-state index contributed by atoms with van der Waals surface area (Å²) < 4.78 is 5.78. The molecule has 7 nitrogen and oxygen atoms in total. The summed E-state index contributed by atoms with van der Waals surface area (Å²) in [6, 6.07) is 23.8. The number of carbonyl (C=O) groups excluding carboxylic acids is 3. The molecule has 0 radical (unpaired) electrons. The number of carbonyl (C=O) groups is 3. The predicted molar refractivity (Wildman–Crippen MR) is 141 cm³/mol.